The summed E-state index contributed by atoms with van der Waals surface area (Å²) >= 11 is 1.48. The molecule has 96 valence electrons. The quantitative estimate of drug-likeness (QED) is 0.861. The molecule has 0 saturated heterocycles. The summed E-state index contributed by atoms with van der Waals surface area (Å²) < 4.78 is 4.15. The Balaban J connectivity index is 1.74. The van der Waals surface area contributed by atoms with Crippen LogP contribution in [0.2, 0.25) is 0 Å². The minimum Gasteiger partial charge on any atom is -0.383 e. The number of nitrogen functional groups attached to an aromatic ring is 1. The van der Waals surface area contributed by atoms with Gasteiger partial charge in [0.25, 0.3) is 0 Å². The average Bonchev–Trinajstić information content (AvgIpc) is 2.61. The standard InChI is InChI=1S/C13H23N3S/c1-9-4-3-5-11(8-9)6-7-15-13-10(2)12(14)16-17-13/h9,11,15H,3-8H2,1-2H3,(H2,14,16). The van der Waals surface area contributed by atoms with Crippen LogP contribution in [0.1, 0.15) is 44.6 Å². The highest BCUT2D eigenvalue weighted by Gasteiger charge is 2.18. The molecule has 4 heteroatoms. The largest absolute Gasteiger partial charge is 0.383 e. The van der Waals surface area contributed by atoms with Crippen molar-refractivity contribution in [3.8, 4) is 0 Å². The molecule has 1 heterocycles. The van der Waals surface area contributed by atoms with E-state index in [9.17, 15) is 0 Å². The predicted molar refractivity (Wildman–Crippen MR) is 75.5 cm³/mol. The summed E-state index contributed by atoms with van der Waals surface area (Å²) in [6.45, 7) is 5.47. The van der Waals surface area contributed by atoms with Crippen LogP contribution in [-0.2, 0) is 0 Å². The monoisotopic (exact) mass is 253 g/mol. The Labute approximate surface area is 108 Å². The number of nitrogens with one attached hydrogen (secondary N) is 1. The minimum absolute atomic E-state index is 0.670. The molecule has 0 bridgehead atoms. The first-order chi connectivity index (χ1) is 8.16. The van der Waals surface area contributed by atoms with Crippen LogP contribution < -0.4 is 11.1 Å². The lowest BCUT2D eigenvalue weighted by Gasteiger charge is -2.26. The molecule has 2 unspecified atom stereocenters. The first kappa shape index (κ1) is 12.7. The summed E-state index contributed by atoms with van der Waals surface area (Å²) in [6, 6.07) is 0. The summed E-state index contributed by atoms with van der Waals surface area (Å²) in [5, 5.41) is 4.62. The van der Waals surface area contributed by atoms with Crippen LogP contribution in [0.5, 0.6) is 0 Å². The Kier molecular flexibility index (Phi) is 4.26. The van der Waals surface area contributed by atoms with Crippen LogP contribution in [0.4, 0.5) is 10.8 Å². The lowest BCUT2D eigenvalue weighted by atomic mass is 9.81. The van der Waals surface area contributed by atoms with Gasteiger partial charge in [-0.15, -0.1) is 0 Å². The lowest BCUT2D eigenvalue weighted by molar-refractivity contribution is 0.274. The molecular formula is C13H23N3S. The predicted octanol–water partition coefficient (Wildman–Crippen LogP) is 3.66. The van der Waals surface area contributed by atoms with E-state index in [0.29, 0.717) is 5.82 Å². The summed E-state index contributed by atoms with van der Waals surface area (Å²) in [7, 11) is 0. The number of aromatic nitrogens is 1. The Morgan fingerprint density at radius 2 is 2.29 bits per heavy atom. The molecule has 1 saturated carbocycles. The summed E-state index contributed by atoms with van der Waals surface area (Å²) in [5.74, 6) is 2.51. The summed E-state index contributed by atoms with van der Waals surface area (Å²) in [5.41, 5.74) is 6.84. The Hall–Kier alpha value is -0.770. The van der Waals surface area contributed by atoms with Crippen LogP contribution in [-0.4, -0.2) is 10.9 Å². The van der Waals surface area contributed by atoms with E-state index in [2.05, 4.69) is 16.6 Å². The maximum Gasteiger partial charge on any atom is 0.142 e. The SMILES string of the molecule is Cc1c(N)nsc1NCCC1CCCC(C)C1. The Bertz CT molecular complexity index is 362. The van der Waals surface area contributed by atoms with E-state index in [1.807, 2.05) is 6.92 Å². The highest BCUT2D eigenvalue weighted by molar-refractivity contribution is 7.10. The van der Waals surface area contributed by atoms with E-state index < -0.39 is 0 Å². The Morgan fingerprint density at radius 1 is 1.47 bits per heavy atom. The average molecular weight is 253 g/mol. The van der Waals surface area contributed by atoms with Crippen molar-refractivity contribution in [2.75, 3.05) is 17.6 Å². The molecule has 0 radical (unpaired) electrons. The van der Waals surface area contributed by atoms with Crippen molar-refractivity contribution in [1.82, 2.24) is 4.37 Å². The topological polar surface area (TPSA) is 50.9 Å². The van der Waals surface area contributed by atoms with Crippen molar-refractivity contribution in [2.45, 2.75) is 46.0 Å². The third kappa shape index (κ3) is 3.35. The highest BCUT2D eigenvalue weighted by Crippen LogP contribution is 2.31. The van der Waals surface area contributed by atoms with Crippen LogP contribution in [0.3, 0.4) is 0 Å². The number of anilines is 2. The van der Waals surface area contributed by atoms with E-state index in [1.165, 1.54) is 43.6 Å². The maximum atomic E-state index is 5.73. The van der Waals surface area contributed by atoms with Gasteiger partial charge in [0, 0.05) is 12.1 Å². The fraction of sp³-hybridized carbons (Fsp3) is 0.769. The van der Waals surface area contributed by atoms with E-state index in [0.717, 1.165) is 28.9 Å². The van der Waals surface area contributed by atoms with Crippen molar-refractivity contribution >= 4 is 22.4 Å². The molecule has 2 atom stereocenters. The normalized spacial score (nSPS) is 24.8. The smallest absolute Gasteiger partial charge is 0.142 e. The fourth-order valence-electron chi connectivity index (χ4n) is 2.72. The molecule has 0 aromatic carbocycles. The maximum absolute atomic E-state index is 5.73. The number of hydrogen-bond acceptors (Lipinski definition) is 4. The zero-order chi connectivity index (χ0) is 12.3. The third-order valence-electron chi connectivity index (χ3n) is 3.84. The summed E-state index contributed by atoms with van der Waals surface area (Å²) in [4.78, 5) is 0. The van der Waals surface area contributed by atoms with E-state index >= 15 is 0 Å². The molecule has 3 N–H and O–H groups in total. The van der Waals surface area contributed by atoms with E-state index in [-0.39, 0.29) is 0 Å². The molecule has 3 nitrogen and oxygen atoms in total. The minimum atomic E-state index is 0.670. The number of rotatable bonds is 4. The molecular weight excluding hydrogens is 230 g/mol. The second-order valence-corrected chi connectivity index (χ2v) is 6.15. The van der Waals surface area contributed by atoms with Crippen molar-refractivity contribution in [3.05, 3.63) is 5.56 Å². The molecule has 2 rings (SSSR count). The van der Waals surface area contributed by atoms with Gasteiger partial charge < -0.3 is 11.1 Å². The zero-order valence-corrected chi connectivity index (χ0v) is 11.6. The van der Waals surface area contributed by atoms with Crippen molar-refractivity contribution in [3.63, 3.8) is 0 Å². The van der Waals surface area contributed by atoms with Crippen molar-refractivity contribution in [1.29, 1.82) is 0 Å². The van der Waals surface area contributed by atoms with Crippen LogP contribution in [0.25, 0.3) is 0 Å². The van der Waals surface area contributed by atoms with Gasteiger partial charge in [0.05, 0.1) is 0 Å². The van der Waals surface area contributed by atoms with Gasteiger partial charge in [0.15, 0.2) is 0 Å². The van der Waals surface area contributed by atoms with E-state index in [1.54, 1.807) is 0 Å². The second kappa shape index (κ2) is 5.71. The molecule has 0 aliphatic heterocycles. The van der Waals surface area contributed by atoms with Gasteiger partial charge in [-0.25, -0.2) is 0 Å². The van der Waals surface area contributed by atoms with Gasteiger partial charge in [-0.1, -0.05) is 26.2 Å². The number of nitrogens with zero attached hydrogens (tertiary/aromatic N) is 1. The van der Waals surface area contributed by atoms with Gasteiger partial charge in [-0.05, 0) is 43.1 Å². The molecule has 1 aliphatic carbocycles. The first-order valence-corrected chi connectivity index (χ1v) is 7.39. The van der Waals surface area contributed by atoms with Crippen molar-refractivity contribution in [2.24, 2.45) is 11.8 Å². The van der Waals surface area contributed by atoms with E-state index in [4.69, 9.17) is 5.73 Å². The zero-order valence-electron chi connectivity index (χ0n) is 10.8. The molecule has 1 aliphatic rings. The van der Waals surface area contributed by atoms with Gasteiger partial charge in [0.2, 0.25) is 0 Å². The van der Waals surface area contributed by atoms with Gasteiger partial charge in [-0.3, -0.25) is 0 Å². The fourth-order valence-corrected chi connectivity index (χ4v) is 3.46. The highest BCUT2D eigenvalue weighted by atomic mass is 32.1. The lowest BCUT2D eigenvalue weighted by Crippen LogP contribution is -2.16. The second-order valence-electron chi connectivity index (χ2n) is 5.38. The van der Waals surface area contributed by atoms with Crippen LogP contribution >= 0.6 is 11.5 Å². The van der Waals surface area contributed by atoms with Crippen LogP contribution in [0, 0.1) is 18.8 Å². The number of hydrogen-bond donors (Lipinski definition) is 2. The molecule has 1 aromatic rings. The molecule has 17 heavy (non-hydrogen) atoms. The molecule has 0 spiro atoms. The molecule has 0 amide bonds. The summed E-state index contributed by atoms with van der Waals surface area (Å²) in [6.07, 6.45) is 6.94. The molecule has 1 fully saturated rings. The van der Waals surface area contributed by atoms with Gasteiger partial charge >= 0.3 is 0 Å². The Morgan fingerprint density at radius 3 is 2.94 bits per heavy atom. The number of nitrogens with two attached hydrogens (primary N) is 1. The third-order valence-corrected chi connectivity index (χ3v) is 4.76. The van der Waals surface area contributed by atoms with Crippen molar-refractivity contribution < 1.29 is 0 Å². The van der Waals surface area contributed by atoms with Gasteiger partial charge in [-0.2, -0.15) is 4.37 Å². The first-order valence-electron chi connectivity index (χ1n) is 6.62. The van der Waals surface area contributed by atoms with Gasteiger partial charge in [0.1, 0.15) is 10.8 Å². The van der Waals surface area contributed by atoms with Crippen LogP contribution in [0.15, 0.2) is 0 Å². The molecule has 1 aromatic heterocycles.